The van der Waals surface area contributed by atoms with Gasteiger partial charge in [-0.2, -0.15) is 0 Å². The van der Waals surface area contributed by atoms with Gasteiger partial charge in [0.15, 0.2) is 0 Å². The number of ether oxygens (including phenoxy) is 3. The molecule has 1 saturated heterocycles. The first kappa shape index (κ1) is 15.8. The summed E-state index contributed by atoms with van der Waals surface area (Å²) >= 11 is 0. The van der Waals surface area contributed by atoms with Gasteiger partial charge in [-0.15, -0.1) is 0 Å². The Morgan fingerprint density at radius 2 is 1.86 bits per heavy atom. The standard InChI is InChI=1S/C17H24O4/c1-16(2,3)21-15(18)9-13-5-7-14(8-6-13)20-12-17(4)10-19-11-17/h5-8H,9-12H2,1-4H3. The molecule has 2 rings (SSSR count). The van der Waals surface area contributed by atoms with Gasteiger partial charge in [0.05, 0.1) is 26.2 Å². The van der Waals surface area contributed by atoms with Crippen molar-refractivity contribution < 1.29 is 19.0 Å². The van der Waals surface area contributed by atoms with Crippen LogP contribution in [0.3, 0.4) is 0 Å². The SMILES string of the molecule is CC1(COc2ccc(CC(=O)OC(C)(C)C)cc2)COC1. The molecule has 4 nitrogen and oxygen atoms in total. The summed E-state index contributed by atoms with van der Waals surface area (Å²) in [5.74, 6) is 0.603. The highest BCUT2D eigenvalue weighted by molar-refractivity contribution is 5.73. The van der Waals surface area contributed by atoms with Crippen molar-refractivity contribution in [3.05, 3.63) is 29.8 Å². The topological polar surface area (TPSA) is 44.8 Å². The van der Waals surface area contributed by atoms with Crippen LogP contribution in [0.15, 0.2) is 24.3 Å². The van der Waals surface area contributed by atoms with Crippen molar-refractivity contribution in [2.24, 2.45) is 5.41 Å². The number of esters is 1. The molecule has 4 heteroatoms. The molecule has 0 spiro atoms. The third kappa shape index (κ3) is 5.05. The molecule has 1 aromatic rings. The van der Waals surface area contributed by atoms with Crippen LogP contribution in [0.25, 0.3) is 0 Å². The van der Waals surface area contributed by atoms with Crippen LogP contribution in [-0.4, -0.2) is 31.4 Å². The number of hydrogen-bond donors (Lipinski definition) is 0. The first-order valence-corrected chi connectivity index (χ1v) is 7.27. The summed E-state index contributed by atoms with van der Waals surface area (Å²) in [6, 6.07) is 7.59. The molecule has 0 amide bonds. The average Bonchev–Trinajstić information content (AvgIpc) is 2.33. The normalized spacial score (nSPS) is 17.0. The summed E-state index contributed by atoms with van der Waals surface area (Å²) < 4.78 is 16.3. The van der Waals surface area contributed by atoms with E-state index in [-0.39, 0.29) is 17.8 Å². The molecule has 0 aromatic heterocycles. The molecule has 0 saturated carbocycles. The van der Waals surface area contributed by atoms with Gasteiger partial charge in [0, 0.05) is 5.41 Å². The van der Waals surface area contributed by atoms with E-state index in [1.54, 1.807) is 0 Å². The van der Waals surface area contributed by atoms with Crippen molar-refractivity contribution in [3.63, 3.8) is 0 Å². The molecule has 0 radical (unpaired) electrons. The van der Waals surface area contributed by atoms with Crippen LogP contribution in [0.2, 0.25) is 0 Å². The number of hydrogen-bond acceptors (Lipinski definition) is 4. The van der Waals surface area contributed by atoms with Gasteiger partial charge < -0.3 is 14.2 Å². The lowest BCUT2D eigenvalue weighted by molar-refractivity contribution is -0.153. The Labute approximate surface area is 126 Å². The zero-order valence-electron chi connectivity index (χ0n) is 13.3. The molecule has 0 aliphatic carbocycles. The van der Waals surface area contributed by atoms with Gasteiger partial charge in [0.25, 0.3) is 0 Å². The van der Waals surface area contributed by atoms with Gasteiger partial charge in [-0.3, -0.25) is 4.79 Å². The van der Waals surface area contributed by atoms with Gasteiger partial charge in [0.2, 0.25) is 0 Å². The number of carbonyl (C=O) groups excluding carboxylic acids is 1. The van der Waals surface area contributed by atoms with Crippen LogP contribution >= 0.6 is 0 Å². The fourth-order valence-electron chi connectivity index (χ4n) is 2.04. The molecule has 0 N–H and O–H groups in total. The zero-order chi connectivity index (χ0) is 15.5. The van der Waals surface area contributed by atoms with Crippen LogP contribution in [0, 0.1) is 5.41 Å². The minimum atomic E-state index is -0.444. The molecule has 0 bridgehead atoms. The van der Waals surface area contributed by atoms with Gasteiger partial charge >= 0.3 is 5.97 Å². The van der Waals surface area contributed by atoms with E-state index in [0.29, 0.717) is 6.61 Å². The van der Waals surface area contributed by atoms with Crippen molar-refractivity contribution in [1.29, 1.82) is 0 Å². The smallest absolute Gasteiger partial charge is 0.310 e. The van der Waals surface area contributed by atoms with E-state index >= 15 is 0 Å². The third-order valence-corrected chi connectivity index (χ3v) is 3.18. The zero-order valence-corrected chi connectivity index (χ0v) is 13.3. The Morgan fingerprint density at radius 1 is 1.24 bits per heavy atom. The van der Waals surface area contributed by atoms with Gasteiger partial charge in [-0.05, 0) is 38.5 Å². The highest BCUT2D eigenvalue weighted by Gasteiger charge is 2.34. The predicted molar refractivity (Wildman–Crippen MR) is 80.4 cm³/mol. The van der Waals surface area contributed by atoms with Crippen LogP contribution in [0.1, 0.15) is 33.3 Å². The average molecular weight is 292 g/mol. The maximum Gasteiger partial charge on any atom is 0.310 e. The van der Waals surface area contributed by atoms with Crippen molar-refractivity contribution in [1.82, 2.24) is 0 Å². The highest BCUT2D eigenvalue weighted by Crippen LogP contribution is 2.27. The Morgan fingerprint density at radius 3 is 2.33 bits per heavy atom. The second-order valence-corrected chi connectivity index (χ2v) is 7.00. The van der Waals surface area contributed by atoms with E-state index in [1.807, 2.05) is 45.0 Å². The quantitative estimate of drug-likeness (QED) is 0.783. The van der Waals surface area contributed by atoms with Crippen molar-refractivity contribution >= 4 is 5.97 Å². The maximum atomic E-state index is 11.7. The number of benzene rings is 1. The molecule has 21 heavy (non-hydrogen) atoms. The lowest BCUT2D eigenvalue weighted by Gasteiger charge is -2.37. The second-order valence-electron chi connectivity index (χ2n) is 7.00. The molecular formula is C17H24O4. The van der Waals surface area contributed by atoms with Crippen molar-refractivity contribution in [2.45, 2.75) is 39.7 Å². The van der Waals surface area contributed by atoms with Gasteiger partial charge in [-0.1, -0.05) is 19.1 Å². The molecule has 0 unspecified atom stereocenters. The molecule has 1 aliphatic heterocycles. The second kappa shape index (κ2) is 6.06. The fourth-order valence-corrected chi connectivity index (χ4v) is 2.04. The Hall–Kier alpha value is -1.55. The van der Waals surface area contributed by atoms with E-state index < -0.39 is 5.60 Å². The molecule has 1 heterocycles. The fraction of sp³-hybridized carbons (Fsp3) is 0.588. The summed E-state index contributed by atoms with van der Waals surface area (Å²) in [7, 11) is 0. The first-order chi connectivity index (χ1) is 9.76. The summed E-state index contributed by atoms with van der Waals surface area (Å²) in [4.78, 5) is 11.7. The monoisotopic (exact) mass is 292 g/mol. The Balaban J connectivity index is 1.82. The molecule has 1 aromatic carbocycles. The number of carbonyl (C=O) groups is 1. The summed E-state index contributed by atoms with van der Waals surface area (Å²) in [6.07, 6.45) is 0.281. The van der Waals surface area contributed by atoms with E-state index in [0.717, 1.165) is 24.5 Å². The largest absolute Gasteiger partial charge is 0.493 e. The number of rotatable bonds is 5. The van der Waals surface area contributed by atoms with E-state index in [2.05, 4.69) is 6.92 Å². The summed E-state index contributed by atoms with van der Waals surface area (Å²) in [5, 5.41) is 0. The molecule has 1 aliphatic rings. The molecule has 0 atom stereocenters. The lowest BCUT2D eigenvalue weighted by Crippen LogP contribution is -2.44. The van der Waals surface area contributed by atoms with Gasteiger partial charge in [0.1, 0.15) is 11.4 Å². The van der Waals surface area contributed by atoms with Crippen molar-refractivity contribution in [3.8, 4) is 5.75 Å². The molecule has 1 fully saturated rings. The first-order valence-electron chi connectivity index (χ1n) is 7.27. The highest BCUT2D eigenvalue weighted by atomic mass is 16.6. The van der Waals surface area contributed by atoms with Crippen molar-refractivity contribution in [2.75, 3.05) is 19.8 Å². The summed E-state index contributed by atoms with van der Waals surface area (Å²) in [6.45, 7) is 9.91. The Kier molecular flexibility index (Phi) is 4.57. The predicted octanol–water partition coefficient (Wildman–Crippen LogP) is 2.99. The third-order valence-electron chi connectivity index (χ3n) is 3.18. The minimum Gasteiger partial charge on any atom is -0.493 e. The van der Waals surface area contributed by atoms with Crippen LogP contribution < -0.4 is 4.74 Å². The van der Waals surface area contributed by atoms with Crippen LogP contribution in [0.5, 0.6) is 5.75 Å². The lowest BCUT2D eigenvalue weighted by atomic mass is 9.90. The summed E-state index contributed by atoms with van der Waals surface area (Å²) in [5.41, 5.74) is 0.616. The molecule has 116 valence electrons. The van der Waals surface area contributed by atoms with Crippen LogP contribution in [-0.2, 0) is 20.7 Å². The van der Waals surface area contributed by atoms with Gasteiger partial charge in [-0.25, -0.2) is 0 Å². The molecular weight excluding hydrogens is 268 g/mol. The maximum absolute atomic E-state index is 11.7. The van der Waals surface area contributed by atoms with E-state index in [9.17, 15) is 4.79 Å². The minimum absolute atomic E-state index is 0.134. The van der Waals surface area contributed by atoms with Crippen LogP contribution in [0.4, 0.5) is 0 Å². The van der Waals surface area contributed by atoms with E-state index in [1.165, 1.54) is 0 Å². The van der Waals surface area contributed by atoms with E-state index in [4.69, 9.17) is 14.2 Å². The Bertz CT molecular complexity index is 481.